The molecule has 136 valence electrons. The highest BCUT2D eigenvalue weighted by atomic mass is 35.5. The number of amides is 1. The Balaban J connectivity index is 1.91. The van der Waals surface area contributed by atoms with Crippen LogP contribution in [0.2, 0.25) is 10.0 Å². The zero-order chi connectivity index (χ0) is 18.7. The summed E-state index contributed by atoms with van der Waals surface area (Å²) in [6, 6.07) is 12.6. The molecule has 1 aliphatic rings. The Morgan fingerprint density at radius 3 is 2.69 bits per heavy atom. The summed E-state index contributed by atoms with van der Waals surface area (Å²) in [7, 11) is 1.54. The van der Waals surface area contributed by atoms with E-state index in [4.69, 9.17) is 27.9 Å². The van der Waals surface area contributed by atoms with Crippen LogP contribution in [-0.2, 0) is 10.2 Å². The van der Waals surface area contributed by atoms with Gasteiger partial charge >= 0.3 is 0 Å². The van der Waals surface area contributed by atoms with Crippen LogP contribution < -0.4 is 4.74 Å². The highest BCUT2D eigenvalue weighted by Crippen LogP contribution is 2.40. The van der Waals surface area contributed by atoms with Crippen molar-refractivity contribution in [3.05, 3.63) is 63.6 Å². The van der Waals surface area contributed by atoms with Crippen molar-refractivity contribution in [1.29, 1.82) is 0 Å². The molecule has 2 aromatic carbocycles. The Bertz CT molecular complexity index is 840. The summed E-state index contributed by atoms with van der Waals surface area (Å²) in [5.74, 6) is 0.440. The van der Waals surface area contributed by atoms with Crippen LogP contribution in [0, 0.1) is 0 Å². The molecule has 0 N–H and O–H groups in total. The molecule has 0 bridgehead atoms. The summed E-state index contributed by atoms with van der Waals surface area (Å²) in [5, 5.41) is 0.917. The van der Waals surface area contributed by atoms with E-state index in [0.29, 0.717) is 47.3 Å². The third-order valence-corrected chi connectivity index (χ3v) is 5.72. The van der Waals surface area contributed by atoms with E-state index in [1.807, 2.05) is 18.2 Å². The Labute approximate surface area is 162 Å². The van der Waals surface area contributed by atoms with E-state index in [-0.39, 0.29) is 5.91 Å². The number of halogens is 2. The maximum Gasteiger partial charge on any atom is 0.257 e. The quantitative estimate of drug-likeness (QED) is 0.710. The van der Waals surface area contributed by atoms with Crippen molar-refractivity contribution in [1.82, 2.24) is 4.90 Å². The van der Waals surface area contributed by atoms with Crippen LogP contribution in [0.15, 0.2) is 42.5 Å². The third-order valence-electron chi connectivity index (χ3n) is 4.98. The molecule has 0 spiro atoms. The molecule has 1 amide bonds. The SMILES string of the molecule is COc1ccccc1C(=O)N1CCC(CC=O)(c2ccc(Cl)c(Cl)c2)C1. The van der Waals surface area contributed by atoms with Crippen LogP contribution in [0.5, 0.6) is 5.75 Å². The number of hydrogen-bond acceptors (Lipinski definition) is 3. The summed E-state index contributed by atoms with van der Waals surface area (Å²) >= 11 is 12.2. The second-order valence-corrected chi connectivity index (χ2v) is 7.27. The van der Waals surface area contributed by atoms with Crippen LogP contribution in [0.4, 0.5) is 0 Å². The lowest BCUT2D eigenvalue weighted by molar-refractivity contribution is -0.108. The minimum atomic E-state index is -0.451. The fourth-order valence-corrected chi connectivity index (χ4v) is 3.84. The van der Waals surface area contributed by atoms with Gasteiger partial charge in [0.25, 0.3) is 5.91 Å². The predicted octanol–water partition coefficient (Wildman–Crippen LogP) is 4.37. The second kappa shape index (κ2) is 7.68. The van der Waals surface area contributed by atoms with Gasteiger partial charge < -0.3 is 14.4 Å². The van der Waals surface area contributed by atoms with Crippen molar-refractivity contribution in [2.45, 2.75) is 18.3 Å². The monoisotopic (exact) mass is 391 g/mol. The molecule has 1 aliphatic heterocycles. The number of ether oxygens (including phenoxy) is 1. The topological polar surface area (TPSA) is 46.6 Å². The fraction of sp³-hybridized carbons (Fsp3) is 0.300. The smallest absolute Gasteiger partial charge is 0.257 e. The van der Waals surface area contributed by atoms with E-state index in [2.05, 4.69) is 0 Å². The number of hydrogen-bond donors (Lipinski definition) is 0. The summed E-state index contributed by atoms with van der Waals surface area (Å²) < 4.78 is 5.30. The number of para-hydroxylation sites is 1. The van der Waals surface area contributed by atoms with Crippen molar-refractivity contribution < 1.29 is 14.3 Å². The van der Waals surface area contributed by atoms with Gasteiger partial charge in [-0.1, -0.05) is 41.4 Å². The third kappa shape index (κ3) is 3.44. The zero-order valence-corrected chi connectivity index (χ0v) is 15.9. The summed E-state index contributed by atoms with van der Waals surface area (Å²) in [6.45, 7) is 1.01. The van der Waals surface area contributed by atoms with Crippen LogP contribution in [0.1, 0.15) is 28.8 Å². The van der Waals surface area contributed by atoms with E-state index < -0.39 is 5.41 Å². The highest BCUT2D eigenvalue weighted by Gasteiger charge is 2.41. The first-order valence-corrected chi connectivity index (χ1v) is 9.08. The molecular formula is C20H19Cl2NO3. The Morgan fingerprint density at radius 2 is 2.00 bits per heavy atom. The van der Waals surface area contributed by atoms with E-state index >= 15 is 0 Å². The van der Waals surface area contributed by atoms with Gasteiger partial charge in [0.15, 0.2) is 0 Å². The van der Waals surface area contributed by atoms with Crippen LogP contribution in [-0.4, -0.2) is 37.3 Å². The van der Waals surface area contributed by atoms with Gasteiger partial charge in [0.1, 0.15) is 12.0 Å². The van der Waals surface area contributed by atoms with E-state index in [0.717, 1.165) is 11.8 Å². The van der Waals surface area contributed by atoms with Gasteiger partial charge in [0.2, 0.25) is 0 Å². The molecule has 0 aromatic heterocycles. The molecule has 1 atom stereocenters. The minimum absolute atomic E-state index is 0.102. The van der Waals surface area contributed by atoms with Gasteiger partial charge in [-0.15, -0.1) is 0 Å². The molecule has 1 saturated heterocycles. The maximum absolute atomic E-state index is 13.0. The standard InChI is InChI=1S/C20H19Cl2NO3/c1-26-18-5-3-2-4-15(18)19(25)23-10-8-20(13-23,9-11-24)14-6-7-16(21)17(22)12-14/h2-7,11-12H,8-10,13H2,1H3. The lowest BCUT2D eigenvalue weighted by Gasteiger charge is -2.28. The molecule has 2 aromatic rings. The first-order chi connectivity index (χ1) is 12.5. The molecule has 0 radical (unpaired) electrons. The van der Waals surface area contributed by atoms with Crippen molar-refractivity contribution >= 4 is 35.4 Å². The molecule has 0 saturated carbocycles. The maximum atomic E-state index is 13.0. The fourth-order valence-electron chi connectivity index (χ4n) is 3.54. The number of carbonyl (C=O) groups excluding carboxylic acids is 2. The number of likely N-dealkylation sites (tertiary alicyclic amines) is 1. The normalized spacial score (nSPS) is 19.4. The average Bonchev–Trinajstić information content (AvgIpc) is 3.09. The number of nitrogens with zero attached hydrogens (tertiary/aromatic N) is 1. The zero-order valence-electron chi connectivity index (χ0n) is 14.4. The Hall–Kier alpha value is -2.04. The van der Waals surface area contributed by atoms with Crippen molar-refractivity contribution in [3.63, 3.8) is 0 Å². The van der Waals surface area contributed by atoms with Crippen LogP contribution >= 0.6 is 23.2 Å². The molecule has 6 heteroatoms. The van der Waals surface area contributed by atoms with Crippen molar-refractivity contribution in [3.8, 4) is 5.75 Å². The number of carbonyl (C=O) groups is 2. The van der Waals surface area contributed by atoms with Gasteiger partial charge in [-0.25, -0.2) is 0 Å². The summed E-state index contributed by atoms with van der Waals surface area (Å²) in [5.41, 5.74) is 0.994. The molecular weight excluding hydrogens is 373 g/mol. The molecule has 4 nitrogen and oxygen atoms in total. The molecule has 26 heavy (non-hydrogen) atoms. The first kappa shape index (κ1) is 18.7. The van der Waals surface area contributed by atoms with E-state index in [1.165, 1.54) is 0 Å². The van der Waals surface area contributed by atoms with Gasteiger partial charge in [-0.3, -0.25) is 4.79 Å². The van der Waals surface area contributed by atoms with Gasteiger partial charge in [0, 0.05) is 24.9 Å². The molecule has 3 rings (SSSR count). The predicted molar refractivity (Wildman–Crippen MR) is 102 cm³/mol. The number of benzene rings is 2. The first-order valence-electron chi connectivity index (χ1n) is 8.32. The number of methoxy groups -OCH3 is 1. The minimum Gasteiger partial charge on any atom is -0.496 e. The molecule has 0 aliphatic carbocycles. The number of aldehydes is 1. The van der Waals surface area contributed by atoms with Gasteiger partial charge in [-0.05, 0) is 36.2 Å². The second-order valence-electron chi connectivity index (χ2n) is 6.46. The van der Waals surface area contributed by atoms with Gasteiger partial charge in [-0.2, -0.15) is 0 Å². The largest absolute Gasteiger partial charge is 0.496 e. The average molecular weight is 392 g/mol. The lowest BCUT2D eigenvalue weighted by atomic mass is 9.77. The molecule has 1 unspecified atom stereocenters. The van der Waals surface area contributed by atoms with Crippen molar-refractivity contribution in [2.75, 3.05) is 20.2 Å². The Kier molecular flexibility index (Phi) is 5.54. The molecule has 1 heterocycles. The van der Waals surface area contributed by atoms with E-state index in [1.54, 1.807) is 36.3 Å². The Morgan fingerprint density at radius 1 is 1.23 bits per heavy atom. The van der Waals surface area contributed by atoms with Crippen LogP contribution in [0.3, 0.4) is 0 Å². The molecule has 1 fully saturated rings. The van der Waals surface area contributed by atoms with Gasteiger partial charge in [0.05, 0.1) is 22.7 Å². The number of rotatable bonds is 5. The van der Waals surface area contributed by atoms with E-state index in [9.17, 15) is 9.59 Å². The van der Waals surface area contributed by atoms with Crippen molar-refractivity contribution in [2.24, 2.45) is 0 Å². The summed E-state index contributed by atoms with van der Waals surface area (Å²) in [4.78, 5) is 26.1. The lowest BCUT2D eigenvalue weighted by Crippen LogP contribution is -2.35. The van der Waals surface area contributed by atoms with Crippen LogP contribution in [0.25, 0.3) is 0 Å². The highest BCUT2D eigenvalue weighted by molar-refractivity contribution is 6.42. The summed E-state index contributed by atoms with van der Waals surface area (Å²) in [6.07, 6.45) is 1.91.